The zero-order chi connectivity index (χ0) is 13.1. The number of rotatable bonds is 2. The van der Waals surface area contributed by atoms with E-state index in [4.69, 9.17) is 0 Å². The second-order valence-corrected chi connectivity index (χ2v) is 8.28. The van der Waals surface area contributed by atoms with Crippen molar-refractivity contribution in [3.63, 3.8) is 0 Å². The lowest BCUT2D eigenvalue weighted by molar-refractivity contribution is -0.166. The first kappa shape index (κ1) is 12.7. The molecule has 0 heterocycles. The van der Waals surface area contributed by atoms with Crippen molar-refractivity contribution in [3.8, 4) is 0 Å². The van der Waals surface area contributed by atoms with Crippen molar-refractivity contribution in [1.82, 2.24) is 0 Å². The molecule has 0 saturated heterocycles. The predicted octanol–water partition coefficient (Wildman–Crippen LogP) is 4.45. The Balaban J connectivity index is 1.99. The largest absolute Gasteiger partial charge is 0.298 e. The maximum atomic E-state index is 13.1. The quantitative estimate of drug-likeness (QED) is 0.705. The lowest BCUT2D eigenvalue weighted by atomic mass is 9.42. The topological polar surface area (TPSA) is 17.1 Å². The molecule has 0 aliphatic heterocycles. The molecule has 18 heavy (non-hydrogen) atoms. The van der Waals surface area contributed by atoms with E-state index in [1.807, 2.05) is 0 Å². The van der Waals surface area contributed by atoms with Gasteiger partial charge in [-0.3, -0.25) is 4.79 Å². The van der Waals surface area contributed by atoms with Crippen molar-refractivity contribution in [3.05, 3.63) is 0 Å². The fourth-order valence-corrected chi connectivity index (χ4v) is 5.83. The van der Waals surface area contributed by atoms with Crippen LogP contribution in [0.4, 0.5) is 0 Å². The van der Waals surface area contributed by atoms with Crippen LogP contribution in [0, 0.1) is 34.5 Å². The standard InChI is InChI=1S/C17H28O/c1-5-17(15(18)16(2,3)4)13-7-11-6-12(9-13)10-14(17)8-11/h11-14H,5-10H2,1-4H3. The van der Waals surface area contributed by atoms with Crippen molar-refractivity contribution in [2.24, 2.45) is 34.5 Å². The minimum absolute atomic E-state index is 0.0473. The zero-order valence-corrected chi connectivity index (χ0v) is 12.5. The highest BCUT2D eigenvalue weighted by molar-refractivity contribution is 5.90. The van der Waals surface area contributed by atoms with E-state index in [1.165, 1.54) is 32.1 Å². The Kier molecular flexibility index (Phi) is 2.70. The van der Waals surface area contributed by atoms with Gasteiger partial charge in [0.2, 0.25) is 0 Å². The third-order valence-electron chi connectivity index (χ3n) is 6.28. The van der Waals surface area contributed by atoms with Gasteiger partial charge in [-0.25, -0.2) is 0 Å². The van der Waals surface area contributed by atoms with Crippen molar-refractivity contribution in [2.75, 3.05) is 0 Å². The summed E-state index contributed by atoms with van der Waals surface area (Å²) in [6, 6.07) is 0. The Morgan fingerprint density at radius 3 is 1.78 bits per heavy atom. The first-order chi connectivity index (χ1) is 8.38. The maximum absolute atomic E-state index is 13.1. The maximum Gasteiger partial charge on any atom is 0.144 e. The average Bonchev–Trinajstić information content (AvgIpc) is 2.27. The molecule has 0 amide bonds. The van der Waals surface area contributed by atoms with Crippen LogP contribution in [0.15, 0.2) is 0 Å². The minimum atomic E-state index is -0.161. The first-order valence-electron chi connectivity index (χ1n) is 7.92. The summed E-state index contributed by atoms with van der Waals surface area (Å²) in [4.78, 5) is 13.1. The molecular formula is C17H28O. The van der Waals surface area contributed by atoms with Crippen LogP contribution in [0.25, 0.3) is 0 Å². The summed E-state index contributed by atoms with van der Waals surface area (Å²) < 4.78 is 0. The van der Waals surface area contributed by atoms with Crippen LogP contribution in [-0.4, -0.2) is 5.78 Å². The van der Waals surface area contributed by atoms with E-state index in [-0.39, 0.29) is 10.8 Å². The summed E-state index contributed by atoms with van der Waals surface area (Å²) in [5, 5.41) is 0. The van der Waals surface area contributed by atoms with E-state index in [0.29, 0.717) is 17.6 Å². The molecule has 4 bridgehead atoms. The van der Waals surface area contributed by atoms with Gasteiger partial charge in [-0.1, -0.05) is 27.7 Å². The molecule has 0 aromatic rings. The zero-order valence-electron chi connectivity index (χ0n) is 12.5. The van der Waals surface area contributed by atoms with Crippen LogP contribution in [0.5, 0.6) is 0 Å². The van der Waals surface area contributed by atoms with E-state index < -0.39 is 0 Å². The van der Waals surface area contributed by atoms with E-state index in [1.54, 1.807) is 0 Å². The molecular weight excluding hydrogens is 220 g/mol. The second kappa shape index (κ2) is 3.84. The number of hydrogen-bond donors (Lipinski definition) is 0. The SMILES string of the molecule is CCC1(C(=O)C(C)(C)C)C2CC3CC(C2)CC1C3. The molecule has 0 spiro atoms. The van der Waals surface area contributed by atoms with Gasteiger partial charge in [-0.15, -0.1) is 0 Å². The molecule has 4 fully saturated rings. The fraction of sp³-hybridized carbons (Fsp3) is 0.941. The summed E-state index contributed by atoms with van der Waals surface area (Å²) in [6.07, 6.45) is 7.95. The van der Waals surface area contributed by atoms with Crippen LogP contribution in [0.3, 0.4) is 0 Å². The van der Waals surface area contributed by atoms with E-state index in [0.717, 1.165) is 18.3 Å². The second-order valence-electron chi connectivity index (χ2n) is 8.28. The molecule has 4 aliphatic rings. The van der Waals surface area contributed by atoms with Gasteiger partial charge < -0.3 is 0 Å². The summed E-state index contributed by atoms with van der Waals surface area (Å²) in [5.41, 5.74) is -0.114. The van der Waals surface area contributed by atoms with E-state index in [2.05, 4.69) is 27.7 Å². The Morgan fingerprint density at radius 1 is 1.00 bits per heavy atom. The highest BCUT2D eigenvalue weighted by Crippen LogP contribution is 2.64. The number of hydrogen-bond acceptors (Lipinski definition) is 1. The molecule has 0 unspecified atom stereocenters. The summed E-state index contributed by atoms with van der Waals surface area (Å²) in [6.45, 7) is 8.64. The summed E-state index contributed by atoms with van der Waals surface area (Å²) in [7, 11) is 0. The third-order valence-corrected chi connectivity index (χ3v) is 6.28. The van der Waals surface area contributed by atoms with Crippen LogP contribution in [-0.2, 0) is 4.79 Å². The smallest absolute Gasteiger partial charge is 0.144 e. The van der Waals surface area contributed by atoms with Gasteiger partial charge in [0.15, 0.2) is 0 Å². The third kappa shape index (κ3) is 1.55. The van der Waals surface area contributed by atoms with Crippen LogP contribution in [0.2, 0.25) is 0 Å². The molecule has 4 saturated carbocycles. The van der Waals surface area contributed by atoms with Crippen LogP contribution in [0.1, 0.15) is 66.2 Å². The van der Waals surface area contributed by atoms with Gasteiger partial charge in [-0.05, 0) is 62.2 Å². The van der Waals surface area contributed by atoms with Gasteiger partial charge >= 0.3 is 0 Å². The Morgan fingerprint density at radius 2 is 1.44 bits per heavy atom. The Bertz CT molecular complexity index is 332. The molecule has 0 radical (unpaired) electrons. The molecule has 0 aromatic heterocycles. The normalized spacial score (nSPS) is 46.4. The van der Waals surface area contributed by atoms with Crippen LogP contribution < -0.4 is 0 Å². The van der Waals surface area contributed by atoms with Gasteiger partial charge in [0, 0.05) is 10.8 Å². The van der Waals surface area contributed by atoms with Crippen molar-refractivity contribution < 1.29 is 4.79 Å². The highest BCUT2D eigenvalue weighted by Gasteiger charge is 2.60. The highest BCUT2D eigenvalue weighted by atomic mass is 16.1. The van der Waals surface area contributed by atoms with E-state index in [9.17, 15) is 4.79 Å². The lowest BCUT2D eigenvalue weighted by Gasteiger charge is -2.61. The average molecular weight is 248 g/mol. The molecule has 1 heteroatoms. The molecule has 0 N–H and O–H groups in total. The first-order valence-corrected chi connectivity index (χ1v) is 7.92. The Labute approximate surface area is 112 Å². The van der Waals surface area contributed by atoms with Gasteiger partial charge in [-0.2, -0.15) is 0 Å². The van der Waals surface area contributed by atoms with Crippen molar-refractivity contribution in [1.29, 1.82) is 0 Å². The molecule has 4 aliphatic carbocycles. The summed E-state index contributed by atoms with van der Waals surface area (Å²) in [5.74, 6) is 3.92. The monoisotopic (exact) mass is 248 g/mol. The molecule has 0 aromatic carbocycles. The number of carbonyl (C=O) groups excluding carboxylic acids is 1. The summed E-state index contributed by atoms with van der Waals surface area (Å²) >= 11 is 0. The number of ketones is 1. The van der Waals surface area contributed by atoms with E-state index >= 15 is 0 Å². The number of carbonyl (C=O) groups is 1. The minimum Gasteiger partial charge on any atom is -0.298 e. The molecule has 0 atom stereocenters. The van der Waals surface area contributed by atoms with Gasteiger partial charge in [0.1, 0.15) is 5.78 Å². The number of Topliss-reactive ketones (excluding diaryl/α,β-unsaturated/α-hetero) is 1. The lowest BCUT2D eigenvalue weighted by Crippen LogP contribution is -2.58. The van der Waals surface area contributed by atoms with Gasteiger partial charge in [0.25, 0.3) is 0 Å². The molecule has 1 nitrogen and oxygen atoms in total. The van der Waals surface area contributed by atoms with Crippen molar-refractivity contribution in [2.45, 2.75) is 66.2 Å². The predicted molar refractivity (Wildman–Crippen MR) is 74.2 cm³/mol. The molecule has 102 valence electrons. The molecule has 4 rings (SSSR count). The van der Waals surface area contributed by atoms with Crippen molar-refractivity contribution >= 4 is 5.78 Å². The van der Waals surface area contributed by atoms with Gasteiger partial charge in [0.05, 0.1) is 0 Å². The van der Waals surface area contributed by atoms with Crippen LogP contribution >= 0.6 is 0 Å². The fourth-order valence-electron chi connectivity index (χ4n) is 5.83. The Hall–Kier alpha value is -0.330.